The van der Waals surface area contributed by atoms with Gasteiger partial charge in [0.05, 0.1) is 0 Å². The Hall–Kier alpha value is -2.87. The number of carbonyl (C=O) groups is 1. The maximum absolute atomic E-state index is 12.8. The molecule has 2 aromatic rings. The van der Waals surface area contributed by atoms with Crippen LogP contribution < -0.4 is 20.5 Å². The predicted octanol–water partition coefficient (Wildman–Crippen LogP) is 1.01. The summed E-state index contributed by atoms with van der Waals surface area (Å²) in [6.07, 6.45) is 0. The number of nitrogens with zero attached hydrogens (tertiary/aromatic N) is 3. The van der Waals surface area contributed by atoms with Crippen LogP contribution in [-0.2, 0) is 11.3 Å². The molecule has 8 nitrogen and oxygen atoms in total. The molecule has 0 aliphatic carbocycles. The lowest BCUT2D eigenvalue weighted by molar-refractivity contribution is -0.125. The van der Waals surface area contributed by atoms with Gasteiger partial charge in [-0.1, -0.05) is 6.07 Å². The molecule has 1 aromatic heterocycles. The highest BCUT2D eigenvalue weighted by atomic mass is 16.7. The summed E-state index contributed by atoms with van der Waals surface area (Å²) in [5.74, 6) is 1.17. The molecule has 144 valence electrons. The van der Waals surface area contributed by atoms with Crippen molar-refractivity contribution in [2.75, 3.05) is 27.4 Å². The molecule has 1 atom stereocenters. The maximum atomic E-state index is 12.8. The number of ether oxygens (including phenoxy) is 2. The van der Waals surface area contributed by atoms with E-state index in [1.165, 1.54) is 0 Å². The van der Waals surface area contributed by atoms with Gasteiger partial charge in [0, 0.05) is 24.5 Å². The molecule has 3 rings (SSSR count). The fourth-order valence-corrected chi connectivity index (χ4v) is 3.20. The van der Waals surface area contributed by atoms with Crippen LogP contribution in [0.3, 0.4) is 0 Å². The summed E-state index contributed by atoms with van der Waals surface area (Å²) in [5, 5.41) is 2.91. The van der Waals surface area contributed by atoms with Crippen LogP contribution in [0.2, 0.25) is 0 Å². The van der Waals surface area contributed by atoms with Crippen LogP contribution in [0.25, 0.3) is 0 Å². The molecule has 2 heterocycles. The summed E-state index contributed by atoms with van der Waals surface area (Å²) in [6.45, 7) is 4.53. The first-order chi connectivity index (χ1) is 12.9. The van der Waals surface area contributed by atoms with Crippen LogP contribution in [-0.4, -0.2) is 47.8 Å². The Balaban J connectivity index is 1.69. The smallest absolute Gasteiger partial charge is 0.348 e. The van der Waals surface area contributed by atoms with Gasteiger partial charge in [0.25, 0.3) is 0 Å². The molecule has 27 heavy (non-hydrogen) atoms. The van der Waals surface area contributed by atoms with Crippen molar-refractivity contribution in [1.82, 2.24) is 19.8 Å². The van der Waals surface area contributed by atoms with E-state index in [1.807, 2.05) is 50.2 Å². The van der Waals surface area contributed by atoms with Crippen LogP contribution in [0.1, 0.15) is 23.0 Å². The first-order valence-corrected chi connectivity index (χ1v) is 8.75. The molecule has 0 saturated heterocycles. The van der Waals surface area contributed by atoms with E-state index in [4.69, 9.17) is 9.47 Å². The van der Waals surface area contributed by atoms with E-state index in [0.717, 1.165) is 11.3 Å². The summed E-state index contributed by atoms with van der Waals surface area (Å²) in [4.78, 5) is 30.6. The monoisotopic (exact) mass is 372 g/mol. The number of carbonyl (C=O) groups excluding carboxylic acids is 1. The Morgan fingerprint density at radius 3 is 2.70 bits per heavy atom. The molecule has 0 saturated carbocycles. The molecule has 1 aliphatic heterocycles. The summed E-state index contributed by atoms with van der Waals surface area (Å²) in [7, 11) is 3.68. The van der Waals surface area contributed by atoms with Gasteiger partial charge in [-0.25, -0.2) is 4.79 Å². The zero-order valence-corrected chi connectivity index (χ0v) is 16.0. The van der Waals surface area contributed by atoms with E-state index < -0.39 is 6.04 Å². The van der Waals surface area contributed by atoms with Gasteiger partial charge in [0.1, 0.15) is 6.04 Å². The number of amides is 1. The largest absolute Gasteiger partial charge is 0.454 e. The molecular weight excluding hydrogens is 348 g/mol. The minimum absolute atomic E-state index is 0.148. The maximum Gasteiger partial charge on any atom is 0.348 e. The lowest BCUT2D eigenvalue weighted by Gasteiger charge is -2.24. The van der Waals surface area contributed by atoms with Crippen molar-refractivity contribution in [3.8, 4) is 11.5 Å². The van der Waals surface area contributed by atoms with Crippen LogP contribution in [0.4, 0.5) is 0 Å². The normalized spacial score (nSPS) is 13.7. The van der Waals surface area contributed by atoms with E-state index in [0.29, 0.717) is 30.3 Å². The first-order valence-electron chi connectivity index (χ1n) is 8.75. The van der Waals surface area contributed by atoms with Crippen molar-refractivity contribution in [2.45, 2.75) is 26.4 Å². The zero-order valence-electron chi connectivity index (χ0n) is 16.0. The number of hydrogen-bond donors (Lipinski definition) is 1. The Morgan fingerprint density at radius 2 is 2.00 bits per heavy atom. The Bertz CT molecular complexity index is 907. The predicted molar refractivity (Wildman–Crippen MR) is 100.0 cm³/mol. The second-order valence-electron chi connectivity index (χ2n) is 6.74. The number of fused-ring (bicyclic) bond motifs is 1. The van der Waals surface area contributed by atoms with Crippen molar-refractivity contribution in [1.29, 1.82) is 0 Å². The van der Waals surface area contributed by atoms with E-state index in [-0.39, 0.29) is 18.4 Å². The van der Waals surface area contributed by atoms with Gasteiger partial charge in [-0.3, -0.25) is 14.3 Å². The van der Waals surface area contributed by atoms with Crippen LogP contribution in [0.15, 0.2) is 29.1 Å². The van der Waals surface area contributed by atoms with Crippen molar-refractivity contribution in [3.63, 3.8) is 0 Å². The Labute approximate surface area is 157 Å². The number of rotatable bonds is 6. The second-order valence-corrected chi connectivity index (χ2v) is 6.74. The minimum atomic E-state index is -0.478. The molecule has 1 aromatic carbocycles. The molecule has 1 aliphatic rings. The molecule has 1 N–H and O–H groups in total. The van der Waals surface area contributed by atoms with E-state index in [9.17, 15) is 9.59 Å². The summed E-state index contributed by atoms with van der Waals surface area (Å²) < 4.78 is 12.3. The van der Waals surface area contributed by atoms with E-state index >= 15 is 0 Å². The molecule has 1 amide bonds. The second kappa shape index (κ2) is 7.79. The fraction of sp³-hybridized carbons (Fsp3) is 0.421. The van der Waals surface area contributed by atoms with E-state index in [1.54, 1.807) is 11.5 Å². The lowest BCUT2D eigenvalue weighted by Crippen LogP contribution is -2.39. The number of aryl methyl sites for hydroxylation is 2. The standard InChI is InChI=1S/C19H24N4O4/c1-12-9-13(2)23(19(25)21-12)8-7-20-18(24)17(22(3)4)14-5-6-15-16(10-14)27-11-26-15/h5-6,9-10,17H,7-8,11H2,1-4H3,(H,20,24)/t17-/m0/s1. The van der Waals surface area contributed by atoms with Gasteiger partial charge in [0.15, 0.2) is 11.5 Å². The van der Waals surface area contributed by atoms with Crippen LogP contribution in [0.5, 0.6) is 11.5 Å². The number of likely N-dealkylation sites (N-methyl/N-ethyl adjacent to an activating group) is 1. The first kappa shape index (κ1) is 18.9. The fourth-order valence-electron chi connectivity index (χ4n) is 3.20. The van der Waals surface area contributed by atoms with Crippen LogP contribution in [0, 0.1) is 13.8 Å². The van der Waals surface area contributed by atoms with Crippen molar-refractivity contribution in [3.05, 3.63) is 51.7 Å². The molecule has 0 unspecified atom stereocenters. The summed E-state index contributed by atoms with van der Waals surface area (Å²) >= 11 is 0. The van der Waals surface area contributed by atoms with Gasteiger partial charge >= 0.3 is 5.69 Å². The zero-order chi connectivity index (χ0) is 19.6. The molecule has 8 heteroatoms. The molecule has 0 bridgehead atoms. The highest BCUT2D eigenvalue weighted by molar-refractivity contribution is 5.83. The minimum Gasteiger partial charge on any atom is -0.454 e. The third-order valence-electron chi connectivity index (χ3n) is 4.46. The molecule has 0 spiro atoms. The summed E-state index contributed by atoms with van der Waals surface area (Å²) in [6, 6.07) is 6.86. The third kappa shape index (κ3) is 4.11. The van der Waals surface area contributed by atoms with Crippen molar-refractivity contribution < 1.29 is 14.3 Å². The Morgan fingerprint density at radius 1 is 1.26 bits per heavy atom. The summed E-state index contributed by atoms with van der Waals surface area (Å²) in [5.41, 5.74) is 2.02. The number of aromatic nitrogens is 2. The SMILES string of the molecule is Cc1cc(C)n(CCNC(=O)[C@H](c2ccc3c(c2)OCO3)N(C)C)c(=O)n1. The van der Waals surface area contributed by atoms with Gasteiger partial charge < -0.3 is 14.8 Å². The topological polar surface area (TPSA) is 85.7 Å². The van der Waals surface area contributed by atoms with Crippen LogP contribution >= 0.6 is 0 Å². The lowest BCUT2D eigenvalue weighted by atomic mass is 10.0. The average Bonchev–Trinajstić information content (AvgIpc) is 3.04. The van der Waals surface area contributed by atoms with E-state index in [2.05, 4.69) is 10.3 Å². The van der Waals surface area contributed by atoms with Gasteiger partial charge in [-0.05, 0) is 51.7 Å². The van der Waals surface area contributed by atoms with Crippen molar-refractivity contribution >= 4 is 5.91 Å². The highest BCUT2D eigenvalue weighted by Crippen LogP contribution is 2.35. The Kier molecular flexibility index (Phi) is 5.46. The van der Waals surface area contributed by atoms with Crippen molar-refractivity contribution in [2.24, 2.45) is 0 Å². The van der Waals surface area contributed by atoms with Gasteiger partial charge in [-0.2, -0.15) is 4.98 Å². The van der Waals surface area contributed by atoms with Gasteiger partial charge in [0.2, 0.25) is 12.7 Å². The average molecular weight is 372 g/mol. The number of nitrogens with one attached hydrogen (secondary N) is 1. The molecular formula is C19H24N4O4. The third-order valence-corrected chi connectivity index (χ3v) is 4.46. The highest BCUT2D eigenvalue weighted by Gasteiger charge is 2.25. The molecule has 0 fully saturated rings. The van der Waals surface area contributed by atoms with Gasteiger partial charge in [-0.15, -0.1) is 0 Å². The molecule has 0 radical (unpaired) electrons. The number of benzene rings is 1. The quantitative estimate of drug-likeness (QED) is 0.815. The number of hydrogen-bond acceptors (Lipinski definition) is 6.